The molecule has 1 N–H and O–H groups in total. The molecule has 2 amide bonds. The monoisotopic (exact) mass is 469 g/mol. The van der Waals surface area contributed by atoms with Crippen LogP contribution in [-0.4, -0.2) is 37.1 Å². The molecule has 0 atom stereocenters. The smallest absolute Gasteiger partial charge is 0.384 e. The first-order chi connectivity index (χ1) is 16.3. The molecule has 1 aromatic heterocycles. The number of anilines is 2. The van der Waals surface area contributed by atoms with Gasteiger partial charge in [-0.15, -0.1) is 0 Å². The van der Waals surface area contributed by atoms with Crippen molar-refractivity contribution in [1.82, 2.24) is 4.98 Å². The molecule has 2 heterocycles. The van der Waals surface area contributed by atoms with Gasteiger partial charge >= 0.3 is 6.18 Å². The van der Waals surface area contributed by atoms with E-state index in [9.17, 15) is 22.8 Å². The average molecular weight is 469 g/mol. The molecule has 2 aromatic carbocycles. The van der Waals surface area contributed by atoms with Gasteiger partial charge in [0.25, 0.3) is 0 Å². The molecule has 1 aliphatic rings. The predicted octanol–water partition coefficient (Wildman–Crippen LogP) is 5.05. The molecule has 0 fully saturated rings. The van der Waals surface area contributed by atoms with Crippen molar-refractivity contribution < 1.29 is 27.5 Å². The third-order valence-electron chi connectivity index (χ3n) is 5.57. The molecule has 3 aromatic rings. The van der Waals surface area contributed by atoms with E-state index in [0.717, 1.165) is 23.0 Å². The maximum atomic E-state index is 13.3. The number of rotatable bonds is 5. The van der Waals surface area contributed by atoms with E-state index in [2.05, 4.69) is 10.3 Å². The minimum absolute atomic E-state index is 0.0434. The van der Waals surface area contributed by atoms with Crippen LogP contribution < -0.4 is 10.2 Å². The molecule has 1 aliphatic heterocycles. The normalized spacial score (nSPS) is 14.8. The summed E-state index contributed by atoms with van der Waals surface area (Å²) in [5.41, 5.74) is 1.52. The Bertz CT molecular complexity index is 1270. The highest BCUT2D eigenvalue weighted by atomic mass is 19.4. The summed E-state index contributed by atoms with van der Waals surface area (Å²) in [6.07, 6.45) is -1.17. The fraction of sp³-hybridized carbons (Fsp3) is 0.240. The van der Waals surface area contributed by atoms with Gasteiger partial charge in [0.1, 0.15) is 0 Å². The summed E-state index contributed by atoms with van der Waals surface area (Å²) in [6.45, 7) is 0.325. The van der Waals surface area contributed by atoms with Crippen molar-refractivity contribution in [2.75, 3.05) is 30.5 Å². The predicted molar refractivity (Wildman–Crippen MR) is 123 cm³/mol. The molecule has 34 heavy (non-hydrogen) atoms. The van der Waals surface area contributed by atoms with Gasteiger partial charge in [-0.3, -0.25) is 14.6 Å². The topological polar surface area (TPSA) is 71.5 Å². The summed E-state index contributed by atoms with van der Waals surface area (Å²) in [7, 11) is 1.45. The summed E-state index contributed by atoms with van der Waals surface area (Å²) in [5, 5.41) is 3.71. The van der Waals surface area contributed by atoms with E-state index in [-0.39, 0.29) is 31.2 Å². The number of pyridine rings is 1. The van der Waals surface area contributed by atoms with E-state index in [1.165, 1.54) is 24.2 Å². The van der Waals surface area contributed by atoms with Crippen molar-refractivity contribution >= 4 is 39.7 Å². The van der Waals surface area contributed by atoms with Gasteiger partial charge in [0.2, 0.25) is 11.8 Å². The average Bonchev–Trinajstić information content (AvgIpc) is 2.81. The number of nitrogens with zero attached hydrogens (tertiary/aromatic N) is 2. The summed E-state index contributed by atoms with van der Waals surface area (Å²) in [6, 6.07) is 12.3. The summed E-state index contributed by atoms with van der Waals surface area (Å²) < 4.78 is 45.0. The lowest BCUT2D eigenvalue weighted by molar-refractivity contribution is -0.137. The fourth-order valence-corrected chi connectivity index (χ4v) is 3.90. The van der Waals surface area contributed by atoms with Crippen molar-refractivity contribution in [2.24, 2.45) is 0 Å². The van der Waals surface area contributed by atoms with Crippen molar-refractivity contribution in [3.8, 4) is 0 Å². The summed E-state index contributed by atoms with van der Waals surface area (Å²) in [4.78, 5) is 30.9. The lowest BCUT2D eigenvalue weighted by Gasteiger charge is -2.32. The Labute approximate surface area is 194 Å². The number of carbonyl (C=O) groups excluding carboxylic acids is 2. The highest BCUT2D eigenvalue weighted by molar-refractivity contribution is 6.07. The number of nitrogens with one attached hydrogen (secondary N) is 1. The van der Waals surface area contributed by atoms with E-state index in [4.69, 9.17) is 4.74 Å². The van der Waals surface area contributed by atoms with Crippen molar-refractivity contribution in [3.05, 3.63) is 71.9 Å². The van der Waals surface area contributed by atoms with Crippen LogP contribution in [0, 0.1) is 0 Å². The van der Waals surface area contributed by atoms with Gasteiger partial charge in [-0.2, -0.15) is 13.2 Å². The Morgan fingerprint density at radius 1 is 1.18 bits per heavy atom. The van der Waals surface area contributed by atoms with Gasteiger partial charge in [0, 0.05) is 42.6 Å². The van der Waals surface area contributed by atoms with Crippen LogP contribution in [0.2, 0.25) is 0 Å². The molecule has 0 unspecified atom stereocenters. The Hall–Kier alpha value is -3.72. The molecular weight excluding hydrogens is 447 g/mol. The van der Waals surface area contributed by atoms with Gasteiger partial charge in [0.15, 0.2) is 0 Å². The second kappa shape index (κ2) is 9.64. The quantitative estimate of drug-likeness (QED) is 0.531. The van der Waals surface area contributed by atoms with E-state index >= 15 is 0 Å². The summed E-state index contributed by atoms with van der Waals surface area (Å²) >= 11 is 0. The number of halogens is 3. The molecule has 4 rings (SSSR count). The molecule has 0 spiro atoms. The van der Waals surface area contributed by atoms with Gasteiger partial charge in [-0.25, -0.2) is 0 Å². The zero-order chi connectivity index (χ0) is 24.3. The highest BCUT2D eigenvalue weighted by Crippen LogP contribution is 2.39. The number of ether oxygens (including phenoxy) is 1. The van der Waals surface area contributed by atoms with Crippen LogP contribution >= 0.6 is 0 Å². The standard InChI is InChI=1S/C25H22F3N3O3/c1-34-12-9-24(33)31-11-8-17(20-7-5-18(14-22(20)31)25(26,27)28)13-23(32)30-19-6-4-16-3-2-10-29-21(16)15-19/h2-7,10,13-15H,8-9,11-12H2,1H3,(H,30,32). The van der Waals surface area contributed by atoms with E-state index in [1.807, 2.05) is 18.2 Å². The van der Waals surface area contributed by atoms with Crippen LogP contribution in [-0.2, 0) is 20.5 Å². The maximum absolute atomic E-state index is 13.3. The van der Waals surface area contributed by atoms with Crippen molar-refractivity contribution in [2.45, 2.75) is 19.0 Å². The molecular formula is C25H22F3N3O3. The SMILES string of the molecule is COCCC(=O)N1CCC(=CC(=O)Nc2ccc3cccnc3c2)c2ccc(C(F)(F)F)cc21. The van der Waals surface area contributed by atoms with Crippen LogP contribution in [0.25, 0.3) is 16.5 Å². The van der Waals surface area contributed by atoms with E-state index in [0.29, 0.717) is 23.2 Å². The molecule has 0 saturated carbocycles. The zero-order valence-electron chi connectivity index (χ0n) is 18.4. The number of hydrogen-bond donors (Lipinski definition) is 1. The Morgan fingerprint density at radius 2 is 2.00 bits per heavy atom. The molecule has 6 nitrogen and oxygen atoms in total. The third-order valence-corrected chi connectivity index (χ3v) is 5.57. The van der Waals surface area contributed by atoms with Crippen molar-refractivity contribution in [1.29, 1.82) is 0 Å². The first-order valence-corrected chi connectivity index (χ1v) is 10.6. The molecule has 0 saturated heterocycles. The second-order valence-corrected chi connectivity index (χ2v) is 7.84. The number of alkyl halides is 3. The first-order valence-electron chi connectivity index (χ1n) is 10.6. The zero-order valence-corrected chi connectivity index (χ0v) is 18.4. The van der Waals surface area contributed by atoms with Crippen molar-refractivity contribution in [3.63, 3.8) is 0 Å². The highest BCUT2D eigenvalue weighted by Gasteiger charge is 2.34. The first kappa shape index (κ1) is 23.4. The Morgan fingerprint density at radius 3 is 2.76 bits per heavy atom. The minimum Gasteiger partial charge on any atom is -0.384 e. The largest absolute Gasteiger partial charge is 0.416 e. The number of benzene rings is 2. The number of amides is 2. The molecule has 176 valence electrons. The van der Waals surface area contributed by atoms with Gasteiger partial charge < -0.3 is 15.0 Å². The van der Waals surface area contributed by atoms with Gasteiger partial charge in [0.05, 0.1) is 29.8 Å². The molecule has 0 radical (unpaired) electrons. The van der Waals surface area contributed by atoms with Crippen LogP contribution in [0.3, 0.4) is 0 Å². The van der Waals surface area contributed by atoms with E-state index < -0.39 is 17.6 Å². The lowest BCUT2D eigenvalue weighted by Crippen LogP contribution is -2.36. The minimum atomic E-state index is -4.56. The number of aromatic nitrogens is 1. The maximum Gasteiger partial charge on any atom is 0.416 e. The summed E-state index contributed by atoms with van der Waals surface area (Å²) in [5.74, 6) is -0.759. The van der Waals surface area contributed by atoms with Gasteiger partial charge in [-0.05, 0) is 42.3 Å². The van der Waals surface area contributed by atoms with Crippen LogP contribution in [0.5, 0.6) is 0 Å². The second-order valence-electron chi connectivity index (χ2n) is 7.84. The number of hydrogen-bond acceptors (Lipinski definition) is 4. The number of methoxy groups -OCH3 is 1. The van der Waals surface area contributed by atoms with Crippen LogP contribution in [0.1, 0.15) is 24.0 Å². The van der Waals surface area contributed by atoms with Crippen LogP contribution in [0.15, 0.2) is 60.8 Å². The number of carbonyl (C=O) groups is 2. The Kier molecular flexibility index (Phi) is 6.65. The molecule has 0 bridgehead atoms. The Balaban J connectivity index is 1.63. The third kappa shape index (κ3) is 5.09. The fourth-order valence-electron chi connectivity index (χ4n) is 3.90. The molecule has 0 aliphatic carbocycles. The van der Waals surface area contributed by atoms with Crippen LogP contribution in [0.4, 0.5) is 24.5 Å². The van der Waals surface area contributed by atoms with Gasteiger partial charge in [-0.1, -0.05) is 18.2 Å². The lowest BCUT2D eigenvalue weighted by atomic mass is 9.93. The molecule has 9 heteroatoms. The van der Waals surface area contributed by atoms with E-state index in [1.54, 1.807) is 18.3 Å². The number of fused-ring (bicyclic) bond motifs is 2.